The van der Waals surface area contributed by atoms with E-state index in [0.29, 0.717) is 11.1 Å². The van der Waals surface area contributed by atoms with E-state index in [4.69, 9.17) is 17.3 Å². The molecule has 0 saturated heterocycles. The summed E-state index contributed by atoms with van der Waals surface area (Å²) in [5.74, 6) is -0.308. The average Bonchev–Trinajstić information content (AvgIpc) is 2.22. The fourth-order valence-corrected chi connectivity index (χ4v) is 1.73. The van der Waals surface area contributed by atoms with Crippen molar-refractivity contribution in [3.05, 3.63) is 29.1 Å². The average molecular weight is 248 g/mol. The van der Waals surface area contributed by atoms with Crippen molar-refractivity contribution in [2.45, 2.75) is 25.6 Å². The van der Waals surface area contributed by atoms with E-state index < -0.39 is 18.0 Å². The number of hydrogen-bond donors (Lipinski definition) is 3. The highest BCUT2D eigenvalue weighted by Crippen LogP contribution is 2.27. The summed E-state index contributed by atoms with van der Waals surface area (Å²) in [7, 11) is 0. The maximum Gasteiger partial charge on any atom is 0.125 e. The third-order valence-corrected chi connectivity index (χ3v) is 2.76. The van der Waals surface area contributed by atoms with Crippen LogP contribution in [0.25, 0.3) is 0 Å². The molecule has 2 atom stereocenters. The molecule has 0 saturated carbocycles. The van der Waals surface area contributed by atoms with Gasteiger partial charge >= 0.3 is 0 Å². The van der Waals surface area contributed by atoms with Crippen molar-refractivity contribution in [1.29, 1.82) is 0 Å². The van der Waals surface area contributed by atoms with Crippen LogP contribution < -0.4 is 5.73 Å². The van der Waals surface area contributed by atoms with Crippen LogP contribution in [0.2, 0.25) is 0 Å². The molecule has 1 aromatic carbocycles. The molecule has 0 heterocycles. The number of rotatable bonds is 4. The van der Waals surface area contributed by atoms with Gasteiger partial charge in [0.1, 0.15) is 11.9 Å². The predicted octanol–water partition coefficient (Wildman–Crippen LogP) is 1.74. The van der Waals surface area contributed by atoms with Gasteiger partial charge in [-0.25, -0.2) is 4.39 Å². The molecule has 2 unspecified atom stereocenters. The third kappa shape index (κ3) is 2.84. The maximum atomic E-state index is 13.1. The van der Waals surface area contributed by atoms with Gasteiger partial charge in [-0.3, -0.25) is 0 Å². The molecule has 0 aliphatic rings. The summed E-state index contributed by atoms with van der Waals surface area (Å²) in [6.45, 7) is 1.67. The van der Waals surface area contributed by atoms with E-state index in [0.717, 1.165) is 0 Å². The fourth-order valence-electron chi connectivity index (χ4n) is 1.51. The minimum absolute atomic E-state index is 0.224. The van der Waals surface area contributed by atoms with Crippen LogP contribution in [0.3, 0.4) is 0 Å². The first-order valence-corrected chi connectivity index (χ1v) is 5.48. The van der Waals surface area contributed by atoms with Gasteiger partial charge in [0.25, 0.3) is 0 Å². The Morgan fingerprint density at radius 1 is 1.44 bits per heavy atom. The first-order valence-electron chi connectivity index (χ1n) is 4.95. The molecule has 0 fully saturated rings. The topological polar surface area (TPSA) is 66.5 Å². The lowest BCUT2D eigenvalue weighted by Crippen LogP contribution is -2.20. The normalized spacial score (nSPS) is 14.8. The zero-order valence-electron chi connectivity index (χ0n) is 8.95. The van der Waals surface area contributed by atoms with Crippen LogP contribution in [0, 0.1) is 12.7 Å². The van der Waals surface area contributed by atoms with E-state index in [1.807, 2.05) is 0 Å². The second kappa shape index (κ2) is 5.48. The van der Waals surface area contributed by atoms with Crippen LogP contribution >= 0.6 is 11.6 Å². The Balaban J connectivity index is 3.03. The second-order valence-electron chi connectivity index (χ2n) is 3.70. The Bertz CT molecular complexity index is 373. The first-order chi connectivity index (χ1) is 7.47. The monoisotopic (exact) mass is 247 g/mol. The Morgan fingerprint density at radius 3 is 2.62 bits per heavy atom. The highest BCUT2D eigenvalue weighted by atomic mass is 35.5. The Hall–Kier alpha value is -0.840. The van der Waals surface area contributed by atoms with Gasteiger partial charge in [0.2, 0.25) is 0 Å². The van der Waals surface area contributed by atoms with Crippen molar-refractivity contribution in [1.82, 2.24) is 0 Å². The molecule has 1 aromatic rings. The Kier molecular flexibility index (Phi) is 4.53. The minimum atomic E-state index is -1.17. The number of halogens is 2. The molecule has 1 rings (SSSR count). The summed E-state index contributed by atoms with van der Waals surface area (Å²) in [5, 5.41) is 19.4. The minimum Gasteiger partial charge on any atom is -0.398 e. The smallest absolute Gasteiger partial charge is 0.125 e. The molecule has 90 valence electrons. The molecule has 0 aliphatic heterocycles. The van der Waals surface area contributed by atoms with Crippen LogP contribution in [0.15, 0.2) is 12.1 Å². The van der Waals surface area contributed by atoms with Gasteiger partial charge in [-0.05, 0) is 36.6 Å². The van der Waals surface area contributed by atoms with E-state index in [2.05, 4.69) is 0 Å². The van der Waals surface area contributed by atoms with Gasteiger partial charge in [0.05, 0.1) is 6.10 Å². The van der Waals surface area contributed by atoms with Crippen molar-refractivity contribution in [3.8, 4) is 0 Å². The summed E-state index contributed by atoms with van der Waals surface area (Å²) < 4.78 is 13.1. The lowest BCUT2D eigenvalue weighted by atomic mass is 9.97. The third-order valence-electron chi connectivity index (χ3n) is 2.54. The molecule has 3 nitrogen and oxygen atoms in total. The van der Waals surface area contributed by atoms with Crippen molar-refractivity contribution in [2.24, 2.45) is 0 Å². The summed E-state index contributed by atoms with van der Waals surface area (Å²) in [6.07, 6.45) is -1.95. The summed E-state index contributed by atoms with van der Waals surface area (Å²) in [4.78, 5) is 0. The molecule has 0 amide bonds. The van der Waals surface area contributed by atoms with Crippen molar-refractivity contribution < 1.29 is 14.6 Å². The SMILES string of the molecule is Cc1c(N)cc(F)cc1C(O)C(O)CCCl. The Morgan fingerprint density at radius 2 is 2.06 bits per heavy atom. The quantitative estimate of drug-likeness (QED) is 0.561. The number of benzene rings is 1. The maximum absolute atomic E-state index is 13.1. The molecule has 4 N–H and O–H groups in total. The van der Waals surface area contributed by atoms with E-state index in [1.54, 1.807) is 6.92 Å². The summed E-state index contributed by atoms with van der Waals surface area (Å²) >= 11 is 5.46. The van der Waals surface area contributed by atoms with Crippen LogP contribution in [-0.2, 0) is 0 Å². The highest BCUT2D eigenvalue weighted by Gasteiger charge is 2.21. The van der Waals surface area contributed by atoms with E-state index in [9.17, 15) is 14.6 Å². The van der Waals surface area contributed by atoms with Crippen LogP contribution in [0.4, 0.5) is 10.1 Å². The largest absolute Gasteiger partial charge is 0.398 e. The number of nitrogen functional groups attached to an aromatic ring is 1. The van der Waals surface area contributed by atoms with Crippen molar-refractivity contribution in [3.63, 3.8) is 0 Å². The molecule has 0 spiro atoms. The molecular weight excluding hydrogens is 233 g/mol. The number of aliphatic hydroxyl groups excluding tert-OH is 2. The fraction of sp³-hybridized carbons (Fsp3) is 0.455. The molecule has 0 aromatic heterocycles. The Labute approximate surface area is 98.7 Å². The van der Waals surface area contributed by atoms with Gasteiger partial charge < -0.3 is 15.9 Å². The predicted molar refractivity (Wildman–Crippen MR) is 61.9 cm³/mol. The van der Waals surface area contributed by atoms with E-state index >= 15 is 0 Å². The lowest BCUT2D eigenvalue weighted by molar-refractivity contribution is 0.0165. The van der Waals surface area contributed by atoms with Crippen molar-refractivity contribution >= 4 is 17.3 Å². The first kappa shape index (κ1) is 13.2. The molecular formula is C11H15ClFNO2. The number of anilines is 1. The van der Waals surface area contributed by atoms with Gasteiger partial charge in [-0.1, -0.05) is 0 Å². The van der Waals surface area contributed by atoms with Gasteiger partial charge in [-0.2, -0.15) is 0 Å². The van der Waals surface area contributed by atoms with Crippen LogP contribution in [-0.4, -0.2) is 22.2 Å². The van der Waals surface area contributed by atoms with Gasteiger partial charge in [0, 0.05) is 11.6 Å². The van der Waals surface area contributed by atoms with Crippen molar-refractivity contribution in [2.75, 3.05) is 11.6 Å². The molecule has 0 bridgehead atoms. The van der Waals surface area contributed by atoms with E-state index in [1.165, 1.54) is 12.1 Å². The molecule has 5 heteroatoms. The lowest BCUT2D eigenvalue weighted by Gasteiger charge is -2.20. The summed E-state index contributed by atoms with van der Waals surface area (Å²) in [6, 6.07) is 2.35. The highest BCUT2D eigenvalue weighted by molar-refractivity contribution is 6.17. The number of alkyl halides is 1. The summed E-state index contributed by atoms with van der Waals surface area (Å²) in [5.41, 5.74) is 6.70. The zero-order chi connectivity index (χ0) is 12.3. The molecule has 16 heavy (non-hydrogen) atoms. The standard InChI is InChI=1S/C11H15ClFNO2/c1-6-8(4-7(13)5-9(6)14)11(16)10(15)2-3-12/h4-5,10-11,15-16H,2-3,14H2,1H3. The number of nitrogens with two attached hydrogens (primary N) is 1. The second-order valence-corrected chi connectivity index (χ2v) is 4.08. The van der Waals surface area contributed by atoms with Gasteiger partial charge in [0.15, 0.2) is 0 Å². The zero-order valence-corrected chi connectivity index (χ0v) is 9.71. The molecule has 0 radical (unpaired) electrons. The van der Waals surface area contributed by atoms with Gasteiger partial charge in [-0.15, -0.1) is 11.6 Å². The van der Waals surface area contributed by atoms with E-state index in [-0.39, 0.29) is 18.0 Å². The van der Waals surface area contributed by atoms with Crippen LogP contribution in [0.1, 0.15) is 23.7 Å². The number of aliphatic hydroxyl groups is 2. The molecule has 0 aliphatic carbocycles. The number of hydrogen-bond acceptors (Lipinski definition) is 3. The van der Waals surface area contributed by atoms with Crippen LogP contribution in [0.5, 0.6) is 0 Å².